The predicted molar refractivity (Wildman–Crippen MR) is 187 cm³/mol. The Morgan fingerprint density at radius 3 is 2.27 bits per heavy atom. The van der Waals surface area contributed by atoms with Crippen LogP contribution in [-0.4, -0.2) is 74.2 Å². The first-order chi connectivity index (χ1) is 22.9. The quantitative estimate of drug-likeness (QED) is 0.255. The molecule has 3 atom stereocenters. The van der Waals surface area contributed by atoms with Crippen molar-refractivity contribution in [3.05, 3.63) is 65.7 Å². The molecule has 8 nitrogen and oxygen atoms in total. The van der Waals surface area contributed by atoms with E-state index in [0.29, 0.717) is 44.1 Å². The molecule has 0 aliphatic carbocycles. The minimum absolute atomic E-state index is 0.0614. The van der Waals surface area contributed by atoms with Gasteiger partial charge in [0.2, 0.25) is 5.91 Å². The fraction of sp³-hybridized carbons (Fsp3) is 0.615. The number of nitrogens with zero attached hydrogens (tertiary/aromatic N) is 4. The summed E-state index contributed by atoms with van der Waals surface area (Å²) >= 11 is 0. The minimum Gasteiger partial charge on any atom is -0.444 e. The van der Waals surface area contributed by atoms with Gasteiger partial charge in [-0.15, -0.1) is 0 Å². The molecule has 0 saturated carbocycles. The lowest BCUT2D eigenvalue weighted by Crippen LogP contribution is -2.61. The number of carbonyl (C=O) groups is 2. The van der Waals surface area contributed by atoms with E-state index in [1.807, 2.05) is 45.6 Å². The van der Waals surface area contributed by atoms with Gasteiger partial charge in [0, 0.05) is 31.2 Å². The van der Waals surface area contributed by atoms with Gasteiger partial charge >= 0.3 is 6.09 Å². The molecule has 2 aromatic carbocycles. The number of amides is 2. The molecule has 0 radical (unpaired) electrons. The van der Waals surface area contributed by atoms with Gasteiger partial charge in [-0.2, -0.15) is 0 Å². The van der Waals surface area contributed by atoms with Gasteiger partial charge in [0.1, 0.15) is 22.8 Å². The maximum absolute atomic E-state index is 14.7. The summed E-state index contributed by atoms with van der Waals surface area (Å²) in [5.41, 5.74) is 1.42. The Morgan fingerprint density at radius 2 is 1.65 bits per heavy atom. The average molecular weight is 660 g/mol. The highest BCUT2D eigenvalue weighted by molar-refractivity contribution is 5.90. The highest BCUT2D eigenvalue weighted by atomic mass is 19.1. The minimum atomic E-state index is -1.02. The van der Waals surface area contributed by atoms with E-state index < -0.39 is 17.2 Å². The van der Waals surface area contributed by atoms with Crippen molar-refractivity contribution in [2.75, 3.05) is 19.6 Å². The molecular formula is C39H54FN5O3. The largest absolute Gasteiger partial charge is 0.444 e. The Balaban J connectivity index is 1.16. The van der Waals surface area contributed by atoms with E-state index in [1.165, 1.54) is 24.4 Å². The number of para-hydroxylation sites is 2. The Morgan fingerprint density at radius 1 is 0.979 bits per heavy atom. The average Bonchev–Trinajstić information content (AvgIpc) is 3.51. The van der Waals surface area contributed by atoms with Crippen LogP contribution in [0.15, 0.2) is 48.5 Å². The van der Waals surface area contributed by atoms with E-state index in [1.54, 1.807) is 6.07 Å². The summed E-state index contributed by atoms with van der Waals surface area (Å²) in [6.07, 6.45) is 7.47. The first-order valence-electron chi connectivity index (χ1n) is 18.1. The maximum atomic E-state index is 14.7. The smallest absolute Gasteiger partial charge is 0.408 e. The number of aryl methyl sites for hydroxylation is 1. The van der Waals surface area contributed by atoms with Crippen molar-refractivity contribution in [3.63, 3.8) is 0 Å². The molecule has 3 saturated heterocycles. The third-order valence-corrected chi connectivity index (χ3v) is 11.6. The zero-order valence-electron chi connectivity index (χ0n) is 29.7. The van der Waals surface area contributed by atoms with Gasteiger partial charge in [-0.05, 0) is 127 Å². The van der Waals surface area contributed by atoms with E-state index >= 15 is 0 Å². The molecule has 3 fully saturated rings. The highest BCUT2D eigenvalue weighted by Crippen LogP contribution is 2.45. The molecule has 3 aliphatic heterocycles. The molecule has 2 bridgehead atoms. The highest BCUT2D eigenvalue weighted by Gasteiger charge is 2.46. The number of likely N-dealkylation sites (tertiary alicyclic amines) is 1. The van der Waals surface area contributed by atoms with Crippen LogP contribution in [0.1, 0.15) is 110 Å². The van der Waals surface area contributed by atoms with Crippen molar-refractivity contribution in [2.45, 2.75) is 134 Å². The van der Waals surface area contributed by atoms with E-state index in [0.717, 1.165) is 55.6 Å². The van der Waals surface area contributed by atoms with Crippen LogP contribution in [-0.2, 0) is 14.9 Å². The number of nitrogens with one attached hydrogen (secondary N) is 1. The van der Waals surface area contributed by atoms with Gasteiger partial charge in [0.15, 0.2) is 0 Å². The third kappa shape index (κ3) is 6.72. The number of aromatic nitrogens is 2. The van der Waals surface area contributed by atoms with Crippen LogP contribution in [0.5, 0.6) is 0 Å². The number of imidazole rings is 1. The number of carbonyl (C=O) groups excluding carboxylic acids is 2. The number of ether oxygens (including phenoxy) is 1. The molecule has 48 heavy (non-hydrogen) atoms. The molecule has 0 spiro atoms. The van der Waals surface area contributed by atoms with E-state index in [4.69, 9.17) is 9.72 Å². The zero-order chi connectivity index (χ0) is 34.3. The van der Waals surface area contributed by atoms with Crippen molar-refractivity contribution < 1.29 is 18.7 Å². The second kappa shape index (κ2) is 13.4. The van der Waals surface area contributed by atoms with Gasteiger partial charge in [-0.3, -0.25) is 9.69 Å². The Hall–Kier alpha value is -3.46. The van der Waals surface area contributed by atoms with Crippen molar-refractivity contribution in [3.8, 4) is 0 Å². The van der Waals surface area contributed by atoms with E-state index in [-0.39, 0.29) is 17.1 Å². The summed E-state index contributed by atoms with van der Waals surface area (Å²) in [4.78, 5) is 36.4. The van der Waals surface area contributed by atoms with Crippen molar-refractivity contribution in [2.24, 2.45) is 0 Å². The van der Waals surface area contributed by atoms with Crippen LogP contribution in [0.2, 0.25) is 0 Å². The number of hydrogen-bond acceptors (Lipinski definition) is 5. The van der Waals surface area contributed by atoms with Crippen LogP contribution in [0, 0.1) is 12.7 Å². The third-order valence-electron chi connectivity index (χ3n) is 11.6. The summed E-state index contributed by atoms with van der Waals surface area (Å²) in [5, 5.41) is 2.94. The second-order valence-electron chi connectivity index (χ2n) is 15.5. The van der Waals surface area contributed by atoms with Crippen molar-refractivity contribution in [1.82, 2.24) is 24.7 Å². The molecule has 4 heterocycles. The van der Waals surface area contributed by atoms with Crippen LogP contribution in [0.25, 0.3) is 11.0 Å². The Kier molecular flexibility index (Phi) is 9.64. The second-order valence-corrected chi connectivity index (χ2v) is 15.5. The van der Waals surface area contributed by atoms with Crippen LogP contribution >= 0.6 is 0 Å². The first-order valence-corrected chi connectivity index (χ1v) is 18.1. The summed E-state index contributed by atoms with van der Waals surface area (Å²) in [6.45, 7) is 13.6. The number of alkyl carbamates (subject to hydrolysis) is 1. The number of rotatable bonds is 9. The predicted octanol–water partition coefficient (Wildman–Crippen LogP) is 7.69. The molecular weight excluding hydrogens is 605 g/mol. The molecule has 1 aromatic heterocycles. The van der Waals surface area contributed by atoms with Crippen LogP contribution in [0.3, 0.4) is 0 Å². The summed E-state index contributed by atoms with van der Waals surface area (Å²) < 4.78 is 22.7. The monoisotopic (exact) mass is 659 g/mol. The maximum Gasteiger partial charge on any atom is 0.408 e. The first kappa shape index (κ1) is 34.4. The fourth-order valence-electron chi connectivity index (χ4n) is 9.01. The number of piperidine rings is 2. The summed E-state index contributed by atoms with van der Waals surface area (Å²) in [7, 11) is 0. The van der Waals surface area contributed by atoms with Gasteiger partial charge in [-0.25, -0.2) is 14.2 Å². The molecule has 260 valence electrons. The molecule has 9 heteroatoms. The summed E-state index contributed by atoms with van der Waals surface area (Å²) in [6, 6.07) is 17.1. The van der Waals surface area contributed by atoms with Crippen LogP contribution < -0.4 is 5.32 Å². The Bertz CT molecular complexity index is 1600. The number of halogens is 1. The topological polar surface area (TPSA) is 79.7 Å². The molecule has 6 rings (SSSR count). The van der Waals surface area contributed by atoms with E-state index in [9.17, 15) is 14.0 Å². The van der Waals surface area contributed by atoms with Crippen molar-refractivity contribution >= 4 is 23.0 Å². The zero-order valence-corrected chi connectivity index (χ0v) is 29.7. The number of hydrogen-bond donors (Lipinski definition) is 1. The lowest BCUT2D eigenvalue weighted by molar-refractivity contribution is -0.140. The molecule has 2 amide bonds. The van der Waals surface area contributed by atoms with Crippen molar-refractivity contribution in [1.29, 1.82) is 0 Å². The molecule has 1 N–H and O–H groups in total. The summed E-state index contributed by atoms with van der Waals surface area (Å²) in [5.74, 6) is 0.817. The van der Waals surface area contributed by atoms with Crippen LogP contribution in [0.4, 0.5) is 9.18 Å². The SMILES string of the molecule is CCC(CC)(NC(=O)OC(C)(C)C)C(=O)N1CCC(CCN2C3CC[C@@H]2CC(n2c(C)nc4ccccc42)C3)(c2cccc(F)c2)CC1. The molecule has 2 unspecified atom stereocenters. The molecule has 3 aromatic rings. The van der Waals surface area contributed by atoms with Gasteiger partial charge in [-0.1, -0.05) is 38.1 Å². The normalized spacial score (nSPS) is 23.0. The number of benzene rings is 2. The van der Waals surface area contributed by atoms with Gasteiger partial charge < -0.3 is 19.5 Å². The lowest BCUT2D eigenvalue weighted by Gasteiger charge is -2.47. The van der Waals surface area contributed by atoms with Gasteiger partial charge in [0.25, 0.3) is 0 Å². The Labute approximate surface area is 285 Å². The lowest BCUT2D eigenvalue weighted by atomic mass is 9.70. The fourth-order valence-corrected chi connectivity index (χ4v) is 9.01. The molecule has 3 aliphatic rings. The standard InChI is InChI=1S/C39H54FN5O3/c1-7-39(8-2,42-36(47)48-37(4,5)6)35(46)43-21-18-38(19-22-43,28-12-11-13-29(40)24-28)20-23-44-30-16-17-31(44)26-32(25-30)45-27(3)41-33-14-9-10-15-34(33)45/h9-15,24,30-32H,7-8,16-23,25-26H2,1-6H3,(H,42,47)/t30-,31?,32?/m1/s1. The van der Waals surface area contributed by atoms with Gasteiger partial charge in [0.05, 0.1) is 11.0 Å². The number of fused-ring (bicyclic) bond motifs is 3. The van der Waals surface area contributed by atoms with E-state index in [2.05, 4.69) is 52.0 Å².